The first kappa shape index (κ1) is 90.2. The first-order chi connectivity index (χ1) is 66.8. The summed E-state index contributed by atoms with van der Waals surface area (Å²) in [6, 6.07) is 86.8. The standard InChI is InChI=1S/C28H28F2N4O2.C28H29FN4O2.C28H28N4O2S.C25H27N5/c29-28(30)12-14-33(19-28)13-2-3-20-6-8-21(9-7-20)17-26-31-27-5-1-4-23(34(27)32-26)22-10-11-24-25(18-22)36-16-15-35-24;29-23-12-14-32(19-23)13-2-3-20-6-8-21(9-7-20)17-27-30-28-5-1-4-24(33(28)31-27)22-10-11-25-26(18-22)35-16-15-34-25;1-20(31-13-2-3-14-31)19-35-23-10-7-21(8-11-23)17-27-29-28-6-4-5-24(32(28)30-27)22-9-12-25-26(18-22)34-16-15-33-25;1-2-9-21(10-3-1)23-11-6-12-24-27-25(28-30(23)24)26-22-15-13-20(14-16-22)8-7-19-29-17-4-5-18-29/h1,4-11,18H,2-3,12-17,19H2;1,4-11,18,23H,2-3,12-17,19H2;4-12,18H,1-3,13-17,19H2;1-3,6,9-16H,4-5,7-8,17-19H2,(H,26,28)/t;23-;;/m.0../s1. The van der Waals surface area contributed by atoms with Crippen LogP contribution in [0.1, 0.15) is 109 Å². The fraction of sp³-hybridized carbons (Fsp3) is 0.321. The van der Waals surface area contributed by atoms with Crippen LogP contribution in [0.3, 0.4) is 0 Å². The Balaban J connectivity index is 0.000000112. The number of anilines is 2. The molecule has 1 N–H and O–H groups in total. The molecule has 0 bridgehead atoms. The molecule has 696 valence electrons. The molecule has 4 fully saturated rings. The predicted molar refractivity (Wildman–Crippen MR) is 527 cm³/mol. The summed E-state index contributed by atoms with van der Waals surface area (Å²) in [7, 11) is 0. The van der Waals surface area contributed by atoms with Crippen molar-refractivity contribution in [3.63, 3.8) is 0 Å². The number of hydrogen-bond donors (Lipinski definition) is 1. The summed E-state index contributed by atoms with van der Waals surface area (Å²) in [5.74, 6) is 5.98. The van der Waals surface area contributed by atoms with E-state index in [1.54, 1.807) is 0 Å². The first-order valence-electron chi connectivity index (χ1n) is 47.8. The molecule has 27 heteroatoms. The molecule has 0 amide bonds. The van der Waals surface area contributed by atoms with Gasteiger partial charge in [-0.2, -0.15) is 20.3 Å². The summed E-state index contributed by atoms with van der Waals surface area (Å²) >= 11 is 1.85. The topological polar surface area (TPSA) is 201 Å². The van der Waals surface area contributed by atoms with Gasteiger partial charge < -0.3 is 48.4 Å². The Morgan fingerprint density at radius 2 is 0.779 bits per heavy atom. The molecule has 15 heterocycles. The molecule has 0 spiro atoms. The fourth-order valence-corrected chi connectivity index (χ4v) is 19.6. The Morgan fingerprint density at radius 1 is 0.382 bits per heavy atom. The minimum absolute atomic E-state index is 0.0169. The minimum Gasteiger partial charge on any atom is -0.486 e. The van der Waals surface area contributed by atoms with Gasteiger partial charge in [-0.1, -0.05) is 134 Å². The number of aryl methyl sites for hydroxylation is 3. The van der Waals surface area contributed by atoms with Crippen LogP contribution in [0.15, 0.2) is 272 Å². The first-order valence-corrected chi connectivity index (χ1v) is 48.8. The number of ether oxygens (including phenoxy) is 6. The summed E-state index contributed by atoms with van der Waals surface area (Å²) in [5.41, 5.74) is 21.0. The van der Waals surface area contributed by atoms with Gasteiger partial charge in [0, 0.05) is 103 Å². The largest absolute Gasteiger partial charge is 0.486 e. The highest BCUT2D eigenvalue weighted by atomic mass is 32.2. The van der Waals surface area contributed by atoms with E-state index in [1.165, 1.54) is 90.1 Å². The average Bonchev–Trinajstić information content (AvgIpc) is 1.56. The van der Waals surface area contributed by atoms with Crippen molar-refractivity contribution in [3.05, 3.63) is 318 Å². The molecule has 136 heavy (non-hydrogen) atoms. The highest BCUT2D eigenvalue weighted by molar-refractivity contribution is 7.99. The molecule has 8 aromatic carbocycles. The summed E-state index contributed by atoms with van der Waals surface area (Å²) in [4.78, 5) is 29.3. The maximum absolute atomic E-state index is 13.3. The van der Waals surface area contributed by atoms with Gasteiger partial charge in [0.2, 0.25) is 5.95 Å². The number of rotatable bonds is 28. The van der Waals surface area contributed by atoms with Crippen LogP contribution in [-0.4, -0.2) is 207 Å². The van der Waals surface area contributed by atoms with Gasteiger partial charge >= 0.3 is 0 Å². The van der Waals surface area contributed by atoms with Gasteiger partial charge in [-0.3, -0.25) is 4.90 Å². The summed E-state index contributed by atoms with van der Waals surface area (Å²) in [6.45, 7) is 17.3. The number of likely N-dealkylation sites (tertiary alicyclic amines) is 4. The Labute approximate surface area is 794 Å². The van der Waals surface area contributed by atoms with E-state index in [4.69, 9.17) is 58.7 Å². The number of benzene rings is 8. The zero-order valence-corrected chi connectivity index (χ0v) is 77.3. The molecular formula is C109H112F3N17O6S. The Hall–Kier alpha value is -13.6. The van der Waals surface area contributed by atoms with Gasteiger partial charge in [0.25, 0.3) is 5.92 Å². The lowest BCUT2D eigenvalue weighted by Gasteiger charge is -2.19. The van der Waals surface area contributed by atoms with E-state index in [-0.39, 0.29) is 13.0 Å². The fourth-order valence-electron chi connectivity index (χ4n) is 18.7. The molecule has 7 aliphatic rings. The lowest BCUT2D eigenvalue weighted by molar-refractivity contribution is 0.0121. The number of pyridine rings is 4. The van der Waals surface area contributed by atoms with Crippen molar-refractivity contribution < 1.29 is 41.6 Å². The van der Waals surface area contributed by atoms with Gasteiger partial charge in [0.15, 0.2) is 74.6 Å². The second kappa shape index (κ2) is 42.5. The Kier molecular flexibility index (Phi) is 28.2. The normalized spacial score (nSPS) is 16.1. The lowest BCUT2D eigenvalue weighted by Crippen LogP contribution is -2.26. The van der Waals surface area contributed by atoms with E-state index >= 15 is 0 Å². The van der Waals surface area contributed by atoms with Gasteiger partial charge in [-0.15, -0.1) is 16.9 Å². The van der Waals surface area contributed by atoms with Crippen LogP contribution < -0.4 is 33.7 Å². The van der Waals surface area contributed by atoms with E-state index in [2.05, 4.69) is 158 Å². The van der Waals surface area contributed by atoms with Gasteiger partial charge in [0.05, 0.1) is 29.3 Å². The Bertz CT molecular complexity index is 6770. The molecule has 0 aliphatic carbocycles. The molecule has 0 saturated carbocycles. The molecule has 7 aliphatic heterocycles. The van der Waals surface area contributed by atoms with Crippen LogP contribution in [0.25, 0.3) is 67.6 Å². The maximum Gasteiger partial charge on any atom is 0.261 e. The second-order valence-corrected chi connectivity index (χ2v) is 36.8. The van der Waals surface area contributed by atoms with E-state index in [9.17, 15) is 13.2 Å². The number of aromatic nitrogens is 12. The third-order valence-electron chi connectivity index (χ3n) is 25.9. The third-order valence-corrected chi connectivity index (χ3v) is 26.9. The molecule has 23 nitrogen and oxygen atoms in total. The molecule has 8 aromatic heterocycles. The zero-order valence-electron chi connectivity index (χ0n) is 76.5. The third kappa shape index (κ3) is 22.6. The van der Waals surface area contributed by atoms with Crippen molar-refractivity contribution in [3.8, 4) is 79.5 Å². The molecule has 23 rings (SSSR count). The van der Waals surface area contributed by atoms with Crippen molar-refractivity contribution >= 4 is 46.0 Å². The number of hydrogen-bond acceptors (Lipinski definition) is 20. The highest BCUT2D eigenvalue weighted by Crippen LogP contribution is 2.40. The van der Waals surface area contributed by atoms with Crippen LogP contribution in [0.2, 0.25) is 0 Å². The van der Waals surface area contributed by atoms with Crippen molar-refractivity contribution in [2.24, 2.45) is 0 Å². The molecule has 4 saturated heterocycles. The number of nitrogens with zero attached hydrogens (tertiary/aromatic N) is 16. The van der Waals surface area contributed by atoms with E-state index in [0.29, 0.717) is 90.9 Å². The van der Waals surface area contributed by atoms with E-state index < -0.39 is 12.1 Å². The van der Waals surface area contributed by atoms with Crippen LogP contribution in [0.4, 0.5) is 24.8 Å². The van der Waals surface area contributed by atoms with Crippen molar-refractivity contribution in [1.82, 2.24) is 78.0 Å². The minimum atomic E-state index is -2.52. The molecule has 0 unspecified atom stereocenters. The SMILES string of the molecule is C=C(CSc1ccc(Cc2nc3cccc(-c4ccc5c(c4)OCCO5)n3n2)cc1)N1CCCC1.FC1(F)CCN(CCCc2ccc(Cc3nc4cccc(-c5ccc6c(c5)OCCO6)n4n3)cc2)C1.F[C@H]1CCN(CCCc2ccc(Cc3nc4cccc(-c5ccc6c(c5)OCCO6)n4n3)cc2)C1.c1ccc(-c2cccc3nc(Nc4ccc(CCCN5CCCC5)cc4)nn23)cc1. The van der Waals surface area contributed by atoms with Crippen LogP contribution in [-0.2, 0) is 38.5 Å². The van der Waals surface area contributed by atoms with E-state index in [0.717, 1.165) is 195 Å². The van der Waals surface area contributed by atoms with Gasteiger partial charge in [-0.05, 0) is 264 Å². The number of halogens is 3. The molecule has 16 aromatic rings. The number of thioether (sulfide) groups is 1. The second-order valence-electron chi connectivity index (χ2n) is 35.8. The molecular weight excluding hydrogens is 1730 g/mol. The number of fused-ring (bicyclic) bond motifs is 7. The average molecular weight is 1850 g/mol. The van der Waals surface area contributed by atoms with Crippen molar-refractivity contribution in [2.75, 3.05) is 123 Å². The van der Waals surface area contributed by atoms with Crippen LogP contribution in [0.5, 0.6) is 34.5 Å². The summed E-state index contributed by atoms with van der Waals surface area (Å²) in [5, 5.41) is 22.5. The van der Waals surface area contributed by atoms with Crippen molar-refractivity contribution in [2.45, 2.75) is 113 Å². The quantitative estimate of drug-likeness (QED) is 0.0453. The Morgan fingerprint density at radius 3 is 1.22 bits per heavy atom. The highest BCUT2D eigenvalue weighted by Gasteiger charge is 2.38. The molecule has 1 atom stereocenters. The van der Waals surface area contributed by atoms with Crippen molar-refractivity contribution in [1.29, 1.82) is 0 Å². The smallest absolute Gasteiger partial charge is 0.261 e. The summed E-state index contributed by atoms with van der Waals surface area (Å²) in [6.07, 6.45) is 13.5. The van der Waals surface area contributed by atoms with E-state index in [1.807, 2.05) is 168 Å². The monoisotopic (exact) mass is 1840 g/mol. The number of alkyl halides is 3. The number of nitrogens with one attached hydrogen (secondary N) is 1. The van der Waals surface area contributed by atoms with Crippen LogP contribution >= 0.6 is 11.8 Å². The van der Waals surface area contributed by atoms with Gasteiger partial charge in [-0.25, -0.2) is 46.2 Å². The summed E-state index contributed by atoms with van der Waals surface area (Å²) < 4.78 is 81.8. The maximum atomic E-state index is 13.3. The zero-order chi connectivity index (χ0) is 91.9. The van der Waals surface area contributed by atoms with Gasteiger partial charge in [0.1, 0.15) is 45.8 Å². The van der Waals surface area contributed by atoms with Crippen LogP contribution in [0, 0.1) is 0 Å². The molecule has 0 radical (unpaired) electrons. The lowest BCUT2D eigenvalue weighted by atomic mass is 10.1. The predicted octanol–water partition coefficient (Wildman–Crippen LogP) is 20.4.